The van der Waals surface area contributed by atoms with Crippen molar-refractivity contribution >= 4 is 29.2 Å². The molecule has 0 heterocycles. The second kappa shape index (κ2) is 3.69. The third kappa shape index (κ3) is 1.79. The van der Waals surface area contributed by atoms with Crippen molar-refractivity contribution in [2.75, 3.05) is 0 Å². The van der Waals surface area contributed by atoms with Gasteiger partial charge in [-0.25, -0.2) is 0 Å². The molecule has 10 heavy (non-hydrogen) atoms. The van der Waals surface area contributed by atoms with Crippen LogP contribution in [0.2, 0.25) is 0 Å². The SMILES string of the molecule is S=CC(Cl)c1ccccc1. The van der Waals surface area contributed by atoms with E-state index in [1.807, 2.05) is 30.3 Å². The summed E-state index contributed by atoms with van der Waals surface area (Å²) in [6, 6.07) is 9.77. The van der Waals surface area contributed by atoms with Crippen LogP contribution in [-0.2, 0) is 0 Å². The van der Waals surface area contributed by atoms with Gasteiger partial charge in [-0.05, 0) is 5.56 Å². The van der Waals surface area contributed by atoms with Gasteiger partial charge in [-0.1, -0.05) is 42.5 Å². The summed E-state index contributed by atoms with van der Waals surface area (Å²) in [7, 11) is 0. The Morgan fingerprint density at radius 3 is 2.40 bits per heavy atom. The first-order chi connectivity index (χ1) is 4.84. The Morgan fingerprint density at radius 2 is 1.90 bits per heavy atom. The fourth-order valence-electron chi connectivity index (χ4n) is 0.715. The second-order valence-corrected chi connectivity index (χ2v) is 2.69. The highest BCUT2D eigenvalue weighted by Crippen LogP contribution is 2.16. The summed E-state index contributed by atoms with van der Waals surface area (Å²) < 4.78 is 0. The van der Waals surface area contributed by atoms with Crippen molar-refractivity contribution in [3.63, 3.8) is 0 Å². The van der Waals surface area contributed by atoms with Gasteiger partial charge >= 0.3 is 0 Å². The molecule has 1 aromatic carbocycles. The van der Waals surface area contributed by atoms with E-state index in [-0.39, 0.29) is 5.38 Å². The monoisotopic (exact) mass is 170 g/mol. The van der Waals surface area contributed by atoms with Crippen LogP contribution in [0, 0.1) is 0 Å². The van der Waals surface area contributed by atoms with E-state index < -0.39 is 0 Å². The summed E-state index contributed by atoms with van der Waals surface area (Å²) in [5.74, 6) is 0. The van der Waals surface area contributed by atoms with Gasteiger partial charge in [0.1, 0.15) is 0 Å². The quantitative estimate of drug-likeness (QED) is 0.486. The first-order valence-corrected chi connectivity index (χ1v) is 3.89. The maximum absolute atomic E-state index is 5.83. The molecule has 0 saturated heterocycles. The normalized spacial score (nSPS) is 12.5. The Hall–Kier alpha value is -0.400. The molecule has 0 spiro atoms. The Kier molecular flexibility index (Phi) is 2.84. The Morgan fingerprint density at radius 1 is 1.30 bits per heavy atom. The number of hydrogen-bond donors (Lipinski definition) is 0. The Balaban J connectivity index is 2.84. The molecular weight excluding hydrogens is 164 g/mol. The molecule has 1 unspecified atom stereocenters. The molecule has 1 atom stereocenters. The van der Waals surface area contributed by atoms with Crippen LogP contribution < -0.4 is 0 Å². The van der Waals surface area contributed by atoms with Gasteiger partial charge in [0.05, 0.1) is 5.38 Å². The maximum atomic E-state index is 5.83. The fraction of sp³-hybridized carbons (Fsp3) is 0.125. The van der Waals surface area contributed by atoms with E-state index in [1.165, 1.54) is 0 Å². The predicted octanol–water partition coefficient (Wildman–Crippen LogP) is 2.97. The van der Waals surface area contributed by atoms with Crippen molar-refractivity contribution in [2.45, 2.75) is 5.38 Å². The molecule has 0 aliphatic rings. The van der Waals surface area contributed by atoms with Crippen LogP contribution in [0.25, 0.3) is 0 Å². The minimum Gasteiger partial charge on any atom is -0.112 e. The van der Waals surface area contributed by atoms with E-state index in [2.05, 4.69) is 0 Å². The van der Waals surface area contributed by atoms with Gasteiger partial charge in [0.25, 0.3) is 0 Å². The molecule has 0 nitrogen and oxygen atoms in total. The molecule has 0 bridgehead atoms. The van der Waals surface area contributed by atoms with Crippen molar-refractivity contribution in [3.8, 4) is 0 Å². The van der Waals surface area contributed by atoms with Crippen molar-refractivity contribution in [2.24, 2.45) is 0 Å². The Bertz CT molecular complexity index is 208. The second-order valence-electron chi connectivity index (χ2n) is 1.95. The largest absolute Gasteiger partial charge is 0.112 e. The van der Waals surface area contributed by atoms with Crippen LogP contribution in [-0.4, -0.2) is 5.37 Å². The summed E-state index contributed by atoms with van der Waals surface area (Å²) >= 11 is 10.5. The molecular formula is C8H7ClS. The lowest BCUT2D eigenvalue weighted by Crippen LogP contribution is -1.87. The molecule has 0 aliphatic carbocycles. The highest BCUT2D eigenvalue weighted by Gasteiger charge is 1.99. The zero-order valence-electron chi connectivity index (χ0n) is 5.33. The highest BCUT2D eigenvalue weighted by atomic mass is 35.5. The van der Waals surface area contributed by atoms with Gasteiger partial charge in [-0.2, -0.15) is 0 Å². The van der Waals surface area contributed by atoms with Crippen LogP contribution in [0.5, 0.6) is 0 Å². The number of alkyl halides is 1. The van der Waals surface area contributed by atoms with Crippen LogP contribution in [0.15, 0.2) is 30.3 Å². The molecule has 1 rings (SSSR count). The van der Waals surface area contributed by atoms with Crippen LogP contribution in [0.4, 0.5) is 0 Å². The summed E-state index contributed by atoms with van der Waals surface area (Å²) in [4.78, 5) is 0. The molecule has 0 aromatic heterocycles. The van der Waals surface area contributed by atoms with E-state index in [4.69, 9.17) is 23.8 Å². The average Bonchev–Trinajstić information content (AvgIpc) is 2.05. The topological polar surface area (TPSA) is 0 Å². The average molecular weight is 171 g/mol. The molecule has 2 heteroatoms. The van der Waals surface area contributed by atoms with Crippen LogP contribution >= 0.6 is 23.8 Å². The fourth-order valence-corrected chi connectivity index (χ4v) is 1.02. The molecule has 0 N–H and O–H groups in total. The number of halogens is 1. The summed E-state index contributed by atoms with van der Waals surface area (Å²) in [5, 5.41) is 1.42. The zero-order chi connectivity index (χ0) is 7.40. The first-order valence-electron chi connectivity index (χ1n) is 2.99. The van der Waals surface area contributed by atoms with E-state index in [1.54, 1.807) is 5.37 Å². The van der Waals surface area contributed by atoms with Crippen molar-refractivity contribution in [1.82, 2.24) is 0 Å². The van der Waals surface area contributed by atoms with Gasteiger partial charge in [-0.3, -0.25) is 0 Å². The van der Waals surface area contributed by atoms with Crippen molar-refractivity contribution in [1.29, 1.82) is 0 Å². The summed E-state index contributed by atoms with van der Waals surface area (Å²) in [6.07, 6.45) is 0. The third-order valence-corrected chi connectivity index (χ3v) is 2.04. The molecule has 0 saturated carbocycles. The van der Waals surface area contributed by atoms with Gasteiger partial charge < -0.3 is 0 Å². The van der Waals surface area contributed by atoms with Gasteiger partial charge in [0.2, 0.25) is 0 Å². The summed E-state index contributed by atoms with van der Waals surface area (Å²) in [6.45, 7) is 0. The molecule has 0 radical (unpaired) electrons. The van der Waals surface area contributed by atoms with Crippen LogP contribution in [0.1, 0.15) is 10.9 Å². The number of hydrogen-bond acceptors (Lipinski definition) is 1. The van der Waals surface area contributed by atoms with Crippen molar-refractivity contribution < 1.29 is 0 Å². The lowest BCUT2D eigenvalue weighted by Gasteiger charge is -2.00. The smallest absolute Gasteiger partial charge is 0.0867 e. The number of rotatable bonds is 2. The third-order valence-electron chi connectivity index (χ3n) is 1.24. The maximum Gasteiger partial charge on any atom is 0.0867 e. The minimum atomic E-state index is -0.129. The molecule has 1 aromatic rings. The molecule has 0 aliphatic heterocycles. The zero-order valence-corrected chi connectivity index (χ0v) is 6.90. The minimum absolute atomic E-state index is 0.129. The highest BCUT2D eigenvalue weighted by molar-refractivity contribution is 7.79. The standard InChI is InChI=1S/C8H7ClS/c9-8(6-10)7-4-2-1-3-5-7/h1-6,8H. The molecule has 52 valence electrons. The van der Waals surface area contributed by atoms with E-state index >= 15 is 0 Å². The van der Waals surface area contributed by atoms with Gasteiger partial charge in [0, 0.05) is 5.37 Å². The van der Waals surface area contributed by atoms with E-state index in [0.717, 1.165) is 5.56 Å². The van der Waals surface area contributed by atoms with E-state index in [0.29, 0.717) is 0 Å². The van der Waals surface area contributed by atoms with Gasteiger partial charge in [0.15, 0.2) is 0 Å². The summed E-state index contributed by atoms with van der Waals surface area (Å²) in [5.41, 5.74) is 1.05. The number of thiocarbonyl (C=S) groups is 1. The van der Waals surface area contributed by atoms with Crippen LogP contribution in [0.3, 0.4) is 0 Å². The number of benzene rings is 1. The molecule has 0 amide bonds. The lowest BCUT2D eigenvalue weighted by molar-refractivity contribution is 1.33. The lowest BCUT2D eigenvalue weighted by atomic mass is 10.2. The Labute approximate surface area is 70.8 Å². The first kappa shape index (κ1) is 7.70. The molecule has 0 fully saturated rings. The van der Waals surface area contributed by atoms with Crippen molar-refractivity contribution in [3.05, 3.63) is 35.9 Å². The van der Waals surface area contributed by atoms with E-state index in [9.17, 15) is 0 Å². The van der Waals surface area contributed by atoms with Gasteiger partial charge in [-0.15, -0.1) is 11.6 Å². The predicted molar refractivity (Wildman–Crippen MR) is 48.7 cm³/mol.